The number of anilines is 1. The second-order valence-corrected chi connectivity index (χ2v) is 7.72. The molecule has 0 aromatic carbocycles. The lowest BCUT2D eigenvalue weighted by Crippen LogP contribution is -2.47. The van der Waals surface area contributed by atoms with E-state index in [1.807, 2.05) is 0 Å². The van der Waals surface area contributed by atoms with Gasteiger partial charge in [-0.2, -0.15) is 0 Å². The molecule has 4 rings (SSSR count). The van der Waals surface area contributed by atoms with Crippen LogP contribution < -0.4 is 10.6 Å². The van der Waals surface area contributed by atoms with E-state index in [1.54, 1.807) is 11.1 Å². The van der Waals surface area contributed by atoms with Crippen LogP contribution in [0.4, 0.5) is 5.82 Å². The van der Waals surface area contributed by atoms with Crippen LogP contribution in [0, 0.1) is 11.8 Å². The van der Waals surface area contributed by atoms with Crippen molar-refractivity contribution in [3.8, 4) is 0 Å². The number of hydrogen-bond donors (Lipinski definition) is 1. The molecule has 3 fully saturated rings. The van der Waals surface area contributed by atoms with Crippen LogP contribution in [-0.4, -0.2) is 65.8 Å². The Morgan fingerprint density at radius 2 is 1.93 bits per heavy atom. The number of carbonyl (C=O) groups is 2. The zero-order valence-electron chi connectivity index (χ0n) is 16.0. The van der Waals surface area contributed by atoms with Gasteiger partial charge in [-0.25, -0.2) is 15.0 Å². The number of piperidine rings is 1. The van der Waals surface area contributed by atoms with Crippen LogP contribution in [0.25, 0.3) is 0 Å². The van der Waals surface area contributed by atoms with Gasteiger partial charge in [0.1, 0.15) is 17.8 Å². The first-order valence-electron chi connectivity index (χ1n) is 10.0. The van der Waals surface area contributed by atoms with E-state index < -0.39 is 5.91 Å². The summed E-state index contributed by atoms with van der Waals surface area (Å²) in [6.07, 6.45) is 5.82. The summed E-state index contributed by atoms with van der Waals surface area (Å²) in [6, 6.07) is 1.73. The average molecular weight is 389 g/mol. The highest BCUT2D eigenvalue weighted by Gasteiger charge is 2.40. The van der Waals surface area contributed by atoms with Crippen LogP contribution in [0.5, 0.6) is 0 Å². The minimum atomic E-state index is -0.572. The average Bonchev–Trinajstić information content (AvgIpc) is 3.24. The van der Waals surface area contributed by atoms with Crippen LogP contribution in [0.2, 0.25) is 0 Å². The smallest absolute Gasteiger partial charge is 0.267 e. The molecule has 3 aliphatic heterocycles. The molecule has 0 spiro atoms. The third-order valence-corrected chi connectivity index (χ3v) is 5.98. The zero-order chi connectivity index (χ0) is 19.5. The number of amides is 2. The number of hydroxylamine groups is 2. The summed E-state index contributed by atoms with van der Waals surface area (Å²) in [4.78, 5) is 40.3. The summed E-state index contributed by atoms with van der Waals surface area (Å²) in [7, 11) is 0. The van der Waals surface area contributed by atoms with Gasteiger partial charge >= 0.3 is 0 Å². The van der Waals surface area contributed by atoms with E-state index in [0.717, 1.165) is 38.7 Å². The van der Waals surface area contributed by atoms with Crippen LogP contribution in [-0.2, 0) is 14.4 Å². The van der Waals surface area contributed by atoms with Crippen molar-refractivity contribution in [2.45, 2.75) is 38.1 Å². The number of primary amides is 1. The second kappa shape index (κ2) is 8.40. The number of carbonyl (C=O) groups excluding carboxylic acids is 2. The first-order chi connectivity index (χ1) is 13.6. The molecule has 0 bridgehead atoms. The monoisotopic (exact) mass is 389 g/mol. The molecule has 3 saturated heterocycles. The zero-order valence-corrected chi connectivity index (χ0v) is 16.0. The Hall–Kier alpha value is -2.26. The fourth-order valence-corrected chi connectivity index (χ4v) is 4.40. The lowest BCUT2D eigenvalue weighted by atomic mass is 9.90. The fourth-order valence-electron chi connectivity index (χ4n) is 4.40. The summed E-state index contributed by atoms with van der Waals surface area (Å²) in [5.41, 5.74) is 5.50. The molecule has 3 aliphatic rings. The van der Waals surface area contributed by atoms with E-state index in [2.05, 4.69) is 14.9 Å². The second-order valence-electron chi connectivity index (χ2n) is 7.72. The van der Waals surface area contributed by atoms with E-state index >= 15 is 0 Å². The SMILES string of the molecule is NC(=O)c1cc(N2CCC(C(=O)N3OCCC3C3CCCOC3)CC2)ncn1. The molecule has 2 amide bonds. The Kier molecular flexibility index (Phi) is 5.72. The van der Waals surface area contributed by atoms with Crippen molar-refractivity contribution in [2.24, 2.45) is 17.6 Å². The Morgan fingerprint density at radius 3 is 2.64 bits per heavy atom. The first kappa shape index (κ1) is 19.1. The van der Waals surface area contributed by atoms with Gasteiger partial charge in [-0.1, -0.05) is 0 Å². The van der Waals surface area contributed by atoms with Crippen molar-refractivity contribution in [1.29, 1.82) is 0 Å². The molecule has 0 aliphatic carbocycles. The summed E-state index contributed by atoms with van der Waals surface area (Å²) in [5.74, 6) is 0.502. The predicted octanol–water partition coefficient (Wildman–Crippen LogP) is 0.751. The number of nitrogens with two attached hydrogens (primary N) is 1. The molecule has 1 aromatic rings. The number of hydrogen-bond acceptors (Lipinski definition) is 7. The quantitative estimate of drug-likeness (QED) is 0.809. The maximum Gasteiger partial charge on any atom is 0.267 e. The highest BCUT2D eigenvalue weighted by atomic mass is 16.7. The fraction of sp³-hybridized carbons (Fsp3) is 0.684. The molecule has 2 N–H and O–H groups in total. The Morgan fingerprint density at radius 1 is 1.11 bits per heavy atom. The molecule has 28 heavy (non-hydrogen) atoms. The Labute approximate surface area is 164 Å². The number of ether oxygens (including phenoxy) is 1. The van der Waals surface area contributed by atoms with Crippen molar-refractivity contribution in [3.05, 3.63) is 18.1 Å². The molecular weight excluding hydrogens is 362 g/mol. The molecule has 152 valence electrons. The Bertz CT molecular complexity index is 716. The molecule has 2 unspecified atom stereocenters. The maximum atomic E-state index is 13.1. The van der Waals surface area contributed by atoms with E-state index in [4.69, 9.17) is 15.3 Å². The van der Waals surface area contributed by atoms with Gasteiger partial charge in [-0.15, -0.1) is 0 Å². The highest BCUT2D eigenvalue weighted by Crippen LogP contribution is 2.31. The summed E-state index contributed by atoms with van der Waals surface area (Å²) in [5, 5.41) is 1.65. The van der Waals surface area contributed by atoms with Crippen LogP contribution in [0.3, 0.4) is 0 Å². The highest BCUT2D eigenvalue weighted by molar-refractivity contribution is 5.91. The van der Waals surface area contributed by atoms with Crippen molar-refractivity contribution >= 4 is 17.6 Å². The largest absolute Gasteiger partial charge is 0.381 e. The van der Waals surface area contributed by atoms with E-state index in [0.29, 0.717) is 38.0 Å². The normalized spacial score (nSPS) is 26.4. The molecule has 9 heteroatoms. The van der Waals surface area contributed by atoms with Gasteiger partial charge < -0.3 is 15.4 Å². The van der Waals surface area contributed by atoms with Crippen LogP contribution in [0.1, 0.15) is 42.6 Å². The molecule has 1 aromatic heterocycles. The van der Waals surface area contributed by atoms with Crippen LogP contribution >= 0.6 is 0 Å². The van der Waals surface area contributed by atoms with Crippen molar-refractivity contribution in [2.75, 3.05) is 37.8 Å². The first-order valence-corrected chi connectivity index (χ1v) is 10.0. The number of nitrogens with zero attached hydrogens (tertiary/aromatic N) is 4. The van der Waals surface area contributed by atoms with Gasteiger partial charge in [0.2, 0.25) is 5.91 Å². The Balaban J connectivity index is 1.36. The lowest BCUT2D eigenvalue weighted by molar-refractivity contribution is -0.188. The van der Waals surface area contributed by atoms with E-state index in [1.165, 1.54) is 6.33 Å². The molecule has 9 nitrogen and oxygen atoms in total. The molecule has 4 heterocycles. The molecule has 0 radical (unpaired) electrons. The van der Waals surface area contributed by atoms with E-state index in [9.17, 15) is 9.59 Å². The molecule has 2 atom stereocenters. The van der Waals surface area contributed by atoms with Gasteiger partial charge in [-0.05, 0) is 32.1 Å². The van der Waals surface area contributed by atoms with Gasteiger partial charge in [0.05, 0.1) is 19.3 Å². The number of aromatic nitrogens is 2. The molecular formula is C19H27N5O4. The lowest BCUT2D eigenvalue weighted by Gasteiger charge is -2.36. The van der Waals surface area contributed by atoms with E-state index in [-0.39, 0.29) is 23.6 Å². The third kappa shape index (κ3) is 3.95. The summed E-state index contributed by atoms with van der Waals surface area (Å²) in [6.45, 7) is 3.51. The predicted molar refractivity (Wildman–Crippen MR) is 100 cm³/mol. The third-order valence-electron chi connectivity index (χ3n) is 5.98. The van der Waals surface area contributed by atoms with Crippen molar-refractivity contribution in [1.82, 2.24) is 15.0 Å². The van der Waals surface area contributed by atoms with Crippen molar-refractivity contribution in [3.63, 3.8) is 0 Å². The van der Waals surface area contributed by atoms with Gasteiger partial charge in [0, 0.05) is 37.6 Å². The van der Waals surface area contributed by atoms with Crippen molar-refractivity contribution < 1.29 is 19.2 Å². The summed E-state index contributed by atoms with van der Waals surface area (Å²) < 4.78 is 5.61. The maximum absolute atomic E-state index is 13.1. The minimum absolute atomic E-state index is 0.0567. The number of rotatable bonds is 4. The van der Waals surface area contributed by atoms with Crippen LogP contribution in [0.15, 0.2) is 12.4 Å². The van der Waals surface area contributed by atoms with Gasteiger partial charge in [-0.3, -0.25) is 14.4 Å². The standard InChI is InChI=1S/C19H27N5O4/c20-18(25)15-10-17(22-12-21-15)23-6-3-13(4-7-23)19(26)24-16(5-9-28-24)14-2-1-8-27-11-14/h10,12-14,16H,1-9,11H2,(H2,20,25). The molecule has 0 saturated carbocycles. The van der Waals surface area contributed by atoms with Gasteiger partial charge in [0.25, 0.3) is 5.91 Å². The summed E-state index contributed by atoms with van der Waals surface area (Å²) >= 11 is 0. The topological polar surface area (TPSA) is 111 Å². The minimum Gasteiger partial charge on any atom is -0.381 e. The van der Waals surface area contributed by atoms with Gasteiger partial charge in [0.15, 0.2) is 0 Å².